The number of hydrogen-bond donors (Lipinski definition) is 1. The van der Waals surface area contributed by atoms with Crippen molar-refractivity contribution in [1.82, 2.24) is 0 Å². The third-order valence-electron chi connectivity index (χ3n) is 2.70. The van der Waals surface area contributed by atoms with Crippen LogP contribution in [-0.2, 0) is 9.59 Å². The number of nitrogens with two attached hydrogens (primary N) is 1. The first kappa shape index (κ1) is 14.3. The van der Waals surface area contributed by atoms with Gasteiger partial charge >= 0.3 is 0 Å². The molecule has 7 heteroatoms. The molecule has 1 aromatic rings. The molecule has 1 saturated heterocycles. The molecule has 0 aromatic heterocycles. The molecule has 1 aromatic carbocycles. The Morgan fingerprint density at radius 2 is 2.21 bits per heavy atom. The number of rotatable bonds is 4. The lowest BCUT2D eigenvalue weighted by atomic mass is 10.3. The van der Waals surface area contributed by atoms with Crippen LogP contribution in [0.25, 0.3) is 0 Å². The first-order valence-corrected chi connectivity index (χ1v) is 7.10. The Morgan fingerprint density at radius 3 is 2.84 bits per heavy atom. The average Bonchev–Trinajstić information content (AvgIpc) is 2.65. The van der Waals surface area contributed by atoms with Crippen LogP contribution in [0.5, 0.6) is 0 Å². The first-order valence-electron chi connectivity index (χ1n) is 5.68. The third kappa shape index (κ3) is 2.91. The molecule has 0 unspecified atom stereocenters. The molecular weight excluding hydrogens is 291 g/mol. The lowest BCUT2D eigenvalue weighted by Gasteiger charge is -2.15. The monoisotopic (exact) mass is 302 g/mol. The molecule has 1 fully saturated rings. The number of imide groups is 1. The van der Waals surface area contributed by atoms with E-state index >= 15 is 0 Å². The SMILES string of the molecule is NCCS[C@@H]1CC(=O)N(c2ccc(F)c(Cl)c2)C1=O. The molecule has 0 aliphatic carbocycles. The molecule has 1 atom stereocenters. The topological polar surface area (TPSA) is 63.4 Å². The second-order valence-corrected chi connectivity index (χ2v) is 5.74. The van der Waals surface area contributed by atoms with E-state index in [1.54, 1.807) is 0 Å². The fourth-order valence-corrected chi connectivity index (χ4v) is 2.94. The molecule has 2 amide bonds. The fraction of sp³-hybridized carbons (Fsp3) is 0.333. The molecular formula is C12H12ClFN2O2S. The third-order valence-corrected chi connectivity index (χ3v) is 4.24. The highest BCUT2D eigenvalue weighted by molar-refractivity contribution is 8.00. The maximum absolute atomic E-state index is 13.1. The zero-order valence-corrected chi connectivity index (χ0v) is 11.5. The molecule has 0 saturated carbocycles. The zero-order valence-electron chi connectivity index (χ0n) is 9.94. The van der Waals surface area contributed by atoms with E-state index in [-0.39, 0.29) is 23.3 Å². The zero-order chi connectivity index (χ0) is 14.0. The Hall–Kier alpha value is -1.11. The summed E-state index contributed by atoms with van der Waals surface area (Å²) < 4.78 is 13.1. The van der Waals surface area contributed by atoms with Gasteiger partial charge in [-0.3, -0.25) is 9.59 Å². The summed E-state index contributed by atoms with van der Waals surface area (Å²) in [5.74, 6) is -0.575. The largest absolute Gasteiger partial charge is 0.330 e. The van der Waals surface area contributed by atoms with Crippen molar-refractivity contribution in [3.05, 3.63) is 29.0 Å². The standard InChI is InChI=1S/C12H12ClFN2O2S/c13-8-5-7(1-2-9(8)14)16-11(17)6-10(12(16)18)19-4-3-15/h1-2,5,10H,3-4,6,15H2/t10-/m1/s1. The molecule has 1 aliphatic heterocycles. The number of carbonyl (C=O) groups excluding carboxylic acids is 2. The van der Waals surface area contributed by atoms with Gasteiger partial charge in [0.1, 0.15) is 5.82 Å². The molecule has 1 heterocycles. The van der Waals surface area contributed by atoms with E-state index < -0.39 is 11.1 Å². The van der Waals surface area contributed by atoms with E-state index in [0.717, 1.165) is 11.0 Å². The summed E-state index contributed by atoms with van der Waals surface area (Å²) in [6.07, 6.45) is 0.137. The van der Waals surface area contributed by atoms with Crippen LogP contribution in [-0.4, -0.2) is 29.4 Å². The minimum atomic E-state index is -0.585. The van der Waals surface area contributed by atoms with E-state index in [1.807, 2.05) is 0 Å². The van der Waals surface area contributed by atoms with Crippen molar-refractivity contribution >= 4 is 40.9 Å². The molecule has 2 N–H and O–H groups in total. The predicted molar refractivity (Wildman–Crippen MR) is 73.8 cm³/mol. The maximum Gasteiger partial charge on any atom is 0.247 e. The minimum Gasteiger partial charge on any atom is -0.330 e. The number of benzene rings is 1. The highest BCUT2D eigenvalue weighted by Gasteiger charge is 2.39. The van der Waals surface area contributed by atoms with Crippen molar-refractivity contribution in [2.24, 2.45) is 5.73 Å². The number of nitrogens with zero attached hydrogens (tertiary/aromatic N) is 1. The van der Waals surface area contributed by atoms with Gasteiger partial charge in [0, 0.05) is 18.7 Å². The van der Waals surface area contributed by atoms with Gasteiger partial charge in [0.15, 0.2) is 0 Å². The number of amides is 2. The van der Waals surface area contributed by atoms with Gasteiger partial charge in [-0.15, -0.1) is 11.8 Å². The minimum absolute atomic E-state index is 0.115. The molecule has 0 radical (unpaired) electrons. The van der Waals surface area contributed by atoms with Crippen LogP contribution < -0.4 is 10.6 Å². The number of carbonyl (C=O) groups is 2. The maximum atomic E-state index is 13.1. The van der Waals surface area contributed by atoms with Gasteiger partial charge in [-0.25, -0.2) is 9.29 Å². The van der Waals surface area contributed by atoms with E-state index in [0.29, 0.717) is 18.0 Å². The van der Waals surface area contributed by atoms with Crippen molar-refractivity contribution in [2.45, 2.75) is 11.7 Å². The smallest absolute Gasteiger partial charge is 0.247 e. The van der Waals surface area contributed by atoms with E-state index in [1.165, 1.54) is 23.9 Å². The normalized spacial score (nSPS) is 19.3. The Kier molecular flexibility index (Phi) is 4.44. The highest BCUT2D eigenvalue weighted by Crippen LogP contribution is 2.31. The van der Waals surface area contributed by atoms with Crippen LogP contribution in [0.4, 0.5) is 10.1 Å². The van der Waals surface area contributed by atoms with Gasteiger partial charge in [-0.05, 0) is 18.2 Å². The van der Waals surface area contributed by atoms with Crippen molar-refractivity contribution in [3.63, 3.8) is 0 Å². The number of halogens is 2. The molecule has 102 valence electrons. The van der Waals surface area contributed by atoms with Crippen LogP contribution in [0.1, 0.15) is 6.42 Å². The summed E-state index contributed by atoms with van der Waals surface area (Å²) in [7, 11) is 0. The van der Waals surface area contributed by atoms with Gasteiger partial charge in [0.25, 0.3) is 0 Å². The molecule has 0 bridgehead atoms. The van der Waals surface area contributed by atoms with Crippen LogP contribution in [0.3, 0.4) is 0 Å². The lowest BCUT2D eigenvalue weighted by Crippen LogP contribution is -2.31. The van der Waals surface area contributed by atoms with Gasteiger partial charge in [0.2, 0.25) is 11.8 Å². The van der Waals surface area contributed by atoms with Crippen LogP contribution in [0.2, 0.25) is 5.02 Å². The molecule has 4 nitrogen and oxygen atoms in total. The Bertz CT molecular complexity index is 526. The fourth-order valence-electron chi connectivity index (χ4n) is 1.84. The molecule has 19 heavy (non-hydrogen) atoms. The summed E-state index contributed by atoms with van der Waals surface area (Å²) in [5, 5.41) is -0.531. The number of thioether (sulfide) groups is 1. The summed E-state index contributed by atoms with van der Waals surface area (Å²) >= 11 is 7.02. The number of anilines is 1. The van der Waals surface area contributed by atoms with Crippen molar-refractivity contribution in [2.75, 3.05) is 17.2 Å². The summed E-state index contributed by atoms with van der Waals surface area (Å²) in [5.41, 5.74) is 5.68. The molecule has 2 rings (SSSR count). The molecule has 0 spiro atoms. The van der Waals surface area contributed by atoms with Crippen molar-refractivity contribution in [3.8, 4) is 0 Å². The summed E-state index contributed by atoms with van der Waals surface area (Å²) in [6.45, 7) is 0.449. The van der Waals surface area contributed by atoms with E-state index in [4.69, 9.17) is 17.3 Å². The highest BCUT2D eigenvalue weighted by atomic mass is 35.5. The van der Waals surface area contributed by atoms with Gasteiger partial charge in [-0.1, -0.05) is 11.6 Å². The van der Waals surface area contributed by atoms with E-state index in [9.17, 15) is 14.0 Å². The Labute approximate surface area is 119 Å². The first-order chi connectivity index (χ1) is 9.04. The van der Waals surface area contributed by atoms with Gasteiger partial charge < -0.3 is 5.73 Å². The van der Waals surface area contributed by atoms with E-state index in [2.05, 4.69) is 0 Å². The van der Waals surface area contributed by atoms with Crippen LogP contribution >= 0.6 is 23.4 Å². The van der Waals surface area contributed by atoms with Crippen LogP contribution in [0, 0.1) is 5.82 Å². The van der Waals surface area contributed by atoms with Crippen molar-refractivity contribution < 1.29 is 14.0 Å². The second kappa shape index (κ2) is 5.90. The van der Waals surface area contributed by atoms with Gasteiger partial charge in [0.05, 0.1) is 16.0 Å². The average molecular weight is 303 g/mol. The predicted octanol–water partition coefficient (Wildman–Crippen LogP) is 1.80. The molecule has 1 aliphatic rings. The summed E-state index contributed by atoms with van der Waals surface area (Å²) in [4.78, 5) is 25.1. The van der Waals surface area contributed by atoms with Gasteiger partial charge in [-0.2, -0.15) is 0 Å². The van der Waals surface area contributed by atoms with Crippen LogP contribution in [0.15, 0.2) is 18.2 Å². The Balaban J connectivity index is 2.22. The lowest BCUT2D eigenvalue weighted by molar-refractivity contribution is -0.121. The second-order valence-electron chi connectivity index (χ2n) is 4.02. The quantitative estimate of drug-likeness (QED) is 0.862. The number of hydrogen-bond acceptors (Lipinski definition) is 4. The van der Waals surface area contributed by atoms with Crippen molar-refractivity contribution in [1.29, 1.82) is 0 Å². The Morgan fingerprint density at radius 1 is 1.47 bits per heavy atom. The summed E-state index contributed by atoms with van der Waals surface area (Å²) in [6, 6.07) is 3.79.